The minimum Gasteiger partial charge on any atom is -0.496 e. The quantitative estimate of drug-likeness (QED) is 0.697. The van der Waals surface area contributed by atoms with Crippen molar-refractivity contribution in [3.63, 3.8) is 0 Å². The molecule has 0 spiro atoms. The molecular weight excluding hydrogens is 286 g/mol. The molecule has 0 aromatic heterocycles. The summed E-state index contributed by atoms with van der Waals surface area (Å²) in [5.74, 6) is -0.386. The van der Waals surface area contributed by atoms with Gasteiger partial charge in [-0.2, -0.15) is 5.26 Å². The van der Waals surface area contributed by atoms with Crippen LogP contribution in [-0.2, 0) is 4.79 Å². The highest BCUT2D eigenvalue weighted by atomic mass is 35.5. The van der Waals surface area contributed by atoms with Crippen molar-refractivity contribution in [3.05, 3.63) is 28.8 Å². The number of hydrogen-bond acceptors (Lipinski definition) is 3. The lowest BCUT2D eigenvalue weighted by Gasteiger charge is -2.19. The summed E-state index contributed by atoms with van der Waals surface area (Å²) in [4.78, 5) is 12.7. The number of benzene rings is 1. The van der Waals surface area contributed by atoms with Crippen LogP contribution in [0.1, 0.15) is 51.0 Å². The zero-order valence-electron chi connectivity index (χ0n) is 12.9. The summed E-state index contributed by atoms with van der Waals surface area (Å²) in [6.45, 7) is 4.11. The van der Waals surface area contributed by atoms with Crippen molar-refractivity contribution in [1.29, 1.82) is 5.26 Å². The zero-order valence-corrected chi connectivity index (χ0v) is 13.6. The summed E-state index contributed by atoms with van der Waals surface area (Å²) in [7, 11) is 1.53. The molecule has 1 rings (SSSR count). The first kappa shape index (κ1) is 17.5. The number of Topliss-reactive ketones (excluding diaryl/α,β-unsaturated/α-hetero) is 1. The molecule has 0 amide bonds. The third-order valence-corrected chi connectivity index (χ3v) is 3.83. The predicted molar refractivity (Wildman–Crippen MR) is 84.7 cm³/mol. The molecule has 4 heteroatoms. The number of nitriles is 1. The molecule has 1 aromatic rings. The molecule has 21 heavy (non-hydrogen) atoms. The molecule has 0 saturated heterocycles. The second kappa shape index (κ2) is 8.69. The molecule has 1 unspecified atom stereocenters. The molecule has 0 saturated carbocycles. The molecule has 0 bridgehead atoms. The number of ether oxygens (including phenoxy) is 1. The van der Waals surface area contributed by atoms with Gasteiger partial charge in [0.1, 0.15) is 11.7 Å². The van der Waals surface area contributed by atoms with Crippen molar-refractivity contribution in [2.75, 3.05) is 7.11 Å². The van der Waals surface area contributed by atoms with Gasteiger partial charge in [-0.3, -0.25) is 4.79 Å². The summed E-state index contributed by atoms with van der Waals surface area (Å²) in [5.41, 5.74) is 0.565. The van der Waals surface area contributed by atoms with E-state index in [0.717, 1.165) is 25.7 Å². The van der Waals surface area contributed by atoms with E-state index in [1.165, 1.54) is 7.11 Å². The predicted octanol–water partition coefficient (Wildman–Crippen LogP) is 4.74. The van der Waals surface area contributed by atoms with Crippen molar-refractivity contribution in [3.8, 4) is 11.8 Å². The Balaban J connectivity index is 3.15. The number of ketones is 1. The molecular formula is C17H22ClNO2. The molecule has 0 aliphatic rings. The third-order valence-electron chi connectivity index (χ3n) is 3.59. The van der Waals surface area contributed by atoms with Gasteiger partial charge in [-0.1, -0.05) is 38.3 Å². The number of halogens is 1. The number of rotatable bonds is 8. The molecule has 0 N–H and O–H groups in total. The van der Waals surface area contributed by atoms with Gasteiger partial charge in [0.25, 0.3) is 0 Å². The van der Waals surface area contributed by atoms with Crippen LogP contribution in [0.3, 0.4) is 0 Å². The molecule has 0 heterocycles. The topological polar surface area (TPSA) is 50.1 Å². The maximum atomic E-state index is 12.7. The smallest absolute Gasteiger partial charge is 0.157 e. The van der Waals surface area contributed by atoms with Gasteiger partial charge >= 0.3 is 0 Å². The largest absolute Gasteiger partial charge is 0.496 e. The van der Waals surface area contributed by atoms with E-state index in [9.17, 15) is 10.1 Å². The van der Waals surface area contributed by atoms with Crippen molar-refractivity contribution in [1.82, 2.24) is 0 Å². The Labute approximate surface area is 131 Å². The van der Waals surface area contributed by atoms with E-state index < -0.39 is 5.92 Å². The summed E-state index contributed by atoms with van der Waals surface area (Å²) in [5, 5.41) is 9.98. The molecule has 0 fully saturated rings. The van der Waals surface area contributed by atoms with Crippen LogP contribution in [0.5, 0.6) is 5.75 Å². The number of methoxy groups -OCH3 is 1. The average molecular weight is 308 g/mol. The van der Waals surface area contributed by atoms with E-state index >= 15 is 0 Å². The normalized spacial score (nSPS) is 12.0. The van der Waals surface area contributed by atoms with Gasteiger partial charge in [0.05, 0.1) is 13.2 Å². The molecule has 0 radical (unpaired) electrons. The summed E-state index contributed by atoms with van der Waals surface area (Å²) < 4.78 is 5.27. The van der Waals surface area contributed by atoms with Crippen LogP contribution in [0.25, 0.3) is 0 Å². The Hall–Kier alpha value is -1.53. The van der Waals surface area contributed by atoms with E-state index in [4.69, 9.17) is 16.3 Å². The minimum atomic E-state index is -0.818. The van der Waals surface area contributed by atoms with Crippen LogP contribution in [0.2, 0.25) is 5.02 Å². The standard InChI is InChI=1S/C17H22ClNO2/c1-4-6-12(7-5-2)17(20)15(11-19)14-10-13(18)8-9-16(14)21-3/h8-10,12,15H,4-7H2,1-3H3. The summed E-state index contributed by atoms with van der Waals surface area (Å²) in [6.07, 6.45) is 3.49. The molecule has 0 aliphatic carbocycles. The van der Waals surface area contributed by atoms with Crippen LogP contribution in [0, 0.1) is 17.2 Å². The molecule has 1 aromatic carbocycles. The lowest BCUT2D eigenvalue weighted by molar-refractivity contribution is -0.123. The van der Waals surface area contributed by atoms with E-state index in [-0.39, 0.29) is 11.7 Å². The van der Waals surface area contributed by atoms with Crippen LogP contribution in [0.4, 0.5) is 0 Å². The number of nitrogens with zero attached hydrogens (tertiary/aromatic N) is 1. The highest BCUT2D eigenvalue weighted by molar-refractivity contribution is 6.30. The number of carbonyl (C=O) groups is 1. The summed E-state index contributed by atoms with van der Waals surface area (Å²) >= 11 is 6.01. The second-order valence-corrected chi connectivity index (χ2v) is 5.56. The lowest BCUT2D eigenvalue weighted by Crippen LogP contribution is -2.22. The number of carbonyl (C=O) groups excluding carboxylic acids is 1. The highest BCUT2D eigenvalue weighted by Gasteiger charge is 2.29. The number of hydrogen-bond donors (Lipinski definition) is 0. The van der Waals surface area contributed by atoms with E-state index in [1.807, 2.05) is 0 Å². The van der Waals surface area contributed by atoms with Crippen LogP contribution in [-0.4, -0.2) is 12.9 Å². The average Bonchev–Trinajstić information content (AvgIpc) is 2.48. The van der Waals surface area contributed by atoms with Crippen molar-refractivity contribution in [2.24, 2.45) is 5.92 Å². The molecule has 0 aliphatic heterocycles. The maximum Gasteiger partial charge on any atom is 0.157 e. The van der Waals surface area contributed by atoms with Crippen LogP contribution < -0.4 is 4.74 Å². The SMILES string of the molecule is CCCC(CCC)C(=O)C(C#N)c1cc(Cl)ccc1OC. The summed E-state index contributed by atoms with van der Waals surface area (Å²) in [6, 6.07) is 7.17. The lowest BCUT2D eigenvalue weighted by atomic mass is 9.83. The van der Waals surface area contributed by atoms with Gasteiger partial charge < -0.3 is 4.74 Å². The Morgan fingerprint density at radius 1 is 1.33 bits per heavy atom. The first-order valence-corrected chi connectivity index (χ1v) is 7.73. The van der Waals surface area contributed by atoms with Crippen molar-refractivity contribution < 1.29 is 9.53 Å². The molecule has 114 valence electrons. The van der Waals surface area contributed by atoms with Gasteiger partial charge in [-0.15, -0.1) is 0 Å². The monoisotopic (exact) mass is 307 g/mol. The maximum absolute atomic E-state index is 12.7. The second-order valence-electron chi connectivity index (χ2n) is 5.13. The van der Waals surface area contributed by atoms with Gasteiger partial charge in [0.15, 0.2) is 5.78 Å². The van der Waals surface area contributed by atoms with Crippen molar-refractivity contribution >= 4 is 17.4 Å². The van der Waals surface area contributed by atoms with E-state index in [2.05, 4.69) is 19.9 Å². The molecule has 1 atom stereocenters. The zero-order chi connectivity index (χ0) is 15.8. The fraction of sp³-hybridized carbons (Fsp3) is 0.529. The first-order chi connectivity index (χ1) is 10.1. The Morgan fingerprint density at radius 2 is 1.95 bits per heavy atom. The van der Waals surface area contributed by atoms with Crippen molar-refractivity contribution in [2.45, 2.75) is 45.4 Å². The third kappa shape index (κ3) is 4.47. The minimum absolute atomic E-state index is 0.0261. The van der Waals surface area contributed by atoms with Gasteiger partial charge in [0, 0.05) is 16.5 Å². The van der Waals surface area contributed by atoms with Crippen LogP contribution >= 0.6 is 11.6 Å². The van der Waals surface area contributed by atoms with Crippen LogP contribution in [0.15, 0.2) is 18.2 Å². The van der Waals surface area contributed by atoms with E-state index in [0.29, 0.717) is 16.3 Å². The Bertz CT molecular complexity index is 516. The highest BCUT2D eigenvalue weighted by Crippen LogP contribution is 2.33. The molecule has 3 nitrogen and oxygen atoms in total. The van der Waals surface area contributed by atoms with Gasteiger partial charge in [-0.05, 0) is 31.0 Å². The fourth-order valence-electron chi connectivity index (χ4n) is 2.58. The van der Waals surface area contributed by atoms with E-state index in [1.54, 1.807) is 18.2 Å². The Morgan fingerprint density at radius 3 is 2.43 bits per heavy atom. The Kier molecular flexibility index (Phi) is 7.25. The van der Waals surface area contributed by atoms with Gasteiger partial charge in [-0.25, -0.2) is 0 Å². The fourth-order valence-corrected chi connectivity index (χ4v) is 2.76. The first-order valence-electron chi connectivity index (χ1n) is 7.35. The van der Waals surface area contributed by atoms with Gasteiger partial charge in [0.2, 0.25) is 0 Å².